The number of carboxylic acids is 1. The van der Waals surface area contributed by atoms with Gasteiger partial charge in [0.05, 0.1) is 42.4 Å². The lowest BCUT2D eigenvalue weighted by Crippen LogP contribution is -2.44. The standard InChI is InChI=1S/C26H23ClN8O5/c27-18-4-7-23(35-15-28-32-33-35)17(11-18)3-8-24(36)30-22(13-20-12-21-14-40-10-9-34(21)31-20)25(37)29-19-5-1-16(2-6-19)26(38)39/h1-8,11-12,15,22H,9-10,13-14H2,(H,29,37)(H,30,36)(H,38,39). The number of ether oxygens (including phenoxy) is 1. The van der Waals surface area contributed by atoms with Crippen LogP contribution in [-0.4, -0.2) is 65.5 Å². The van der Waals surface area contributed by atoms with E-state index in [1.165, 1.54) is 41.4 Å². The van der Waals surface area contributed by atoms with E-state index in [-0.39, 0.29) is 12.0 Å². The van der Waals surface area contributed by atoms with Crippen molar-refractivity contribution in [2.75, 3.05) is 11.9 Å². The van der Waals surface area contributed by atoms with Gasteiger partial charge < -0.3 is 20.5 Å². The first kappa shape index (κ1) is 26.7. The minimum Gasteiger partial charge on any atom is -0.478 e. The number of hydrogen-bond acceptors (Lipinski definition) is 8. The minimum absolute atomic E-state index is 0.0841. The zero-order chi connectivity index (χ0) is 28.1. The van der Waals surface area contributed by atoms with Crippen molar-refractivity contribution in [1.82, 2.24) is 35.3 Å². The van der Waals surface area contributed by atoms with E-state index < -0.39 is 23.8 Å². The quantitative estimate of drug-likeness (QED) is 0.259. The number of halogens is 1. The Morgan fingerprint density at radius 1 is 1.15 bits per heavy atom. The Bertz CT molecular complexity index is 1540. The van der Waals surface area contributed by atoms with Gasteiger partial charge in [0.25, 0.3) is 0 Å². The molecule has 2 aromatic carbocycles. The number of fused-ring (bicyclic) bond motifs is 1. The number of benzene rings is 2. The highest BCUT2D eigenvalue weighted by Crippen LogP contribution is 2.20. The number of aromatic carboxylic acids is 1. The van der Waals surface area contributed by atoms with Gasteiger partial charge in [-0.25, -0.2) is 4.79 Å². The molecule has 1 aliphatic rings. The van der Waals surface area contributed by atoms with E-state index in [1.807, 2.05) is 10.7 Å². The highest BCUT2D eigenvalue weighted by Gasteiger charge is 2.24. The number of anilines is 1. The van der Waals surface area contributed by atoms with Crippen molar-refractivity contribution in [1.29, 1.82) is 0 Å². The second-order valence-electron chi connectivity index (χ2n) is 8.83. The summed E-state index contributed by atoms with van der Waals surface area (Å²) < 4.78 is 8.72. The number of carboxylic acid groups (broad SMARTS) is 1. The Morgan fingerprint density at radius 3 is 2.70 bits per heavy atom. The van der Waals surface area contributed by atoms with Crippen LogP contribution in [0.25, 0.3) is 11.8 Å². The second-order valence-corrected chi connectivity index (χ2v) is 9.27. The van der Waals surface area contributed by atoms with Crippen molar-refractivity contribution < 1.29 is 24.2 Å². The summed E-state index contributed by atoms with van der Waals surface area (Å²) in [5.41, 5.74) is 3.14. The fraction of sp³-hybridized carbons (Fsp3) is 0.192. The summed E-state index contributed by atoms with van der Waals surface area (Å²) in [5.74, 6) is -2.11. The molecule has 13 nitrogen and oxygen atoms in total. The zero-order valence-electron chi connectivity index (χ0n) is 20.9. The molecule has 2 amide bonds. The molecule has 4 aromatic rings. The van der Waals surface area contributed by atoms with Crippen LogP contribution in [-0.2, 0) is 33.9 Å². The summed E-state index contributed by atoms with van der Waals surface area (Å²) in [7, 11) is 0. The molecule has 0 saturated heterocycles. The Labute approximate surface area is 232 Å². The van der Waals surface area contributed by atoms with Crippen molar-refractivity contribution in [3.63, 3.8) is 0 Å². The maximum atomic E-state index is 13.3. The molecule has 3 N–H and O–H groups in total. The van der Waals surface area contributed by atoms with Gasteiger partial charge in [-0.2, -0.15) is 9.78 Å². The molecule has 3 heterocycles. The van der Waals surface area contributed by atoms with E-state index in [2.05, 4.69) is 31.3 Å². The van der Waals surface area contributed by atoms with Crippen molar-refractivity contribution in [3.05, 3.63) is 88.5 Å². The van der Waals surface area contributed by atoms with Crippen LogP contribution >= 0.6 is 11.6 Å². The van der Waals surface area contributed by atoms with Gasteiger partial charge in [0.2, 0.25) is 11.8 Å². The summed E-state index contributed by atoms with van der Waals surface area (Å²) in [6.45, 7) is 1.56. The molecule has 14 heteroatoms. The molecule has 204 valence electrons. The Kier molecular flexibility index (Phi) is 7.94. The van der Waals surface area contributed by atoms with Crippen molar-refractivity contribution >= 4 is 41.1 Å². The van der Waals surface area contributed by atoms with Crippen molar-refractivity contribution in [2.45, 2.75) is 25.6 Å². The number of hydrogen-bond donors (Lipinski definition) is 3. The predicted octanol–water partition coefficient (Wildman–Crippen LogP) is 2.12. The molecular weight excluding hydrogens is 540 g/mol. The van der Waals surface area contributed by atoms with Crippen molar-refractivity contribution in [2.24, 2.45) is 0 Å². The van der Waals surface area contributed by atoms with Gasteiger partial charge >= 0.3 is 5.97 Å². The van der Waals surface area contributed by atoms with Crippen LogP contribution in [0.1, 0.15) is 27.3 Å². The molecule has 40 heavy (non-hydrogen) atoms. The highest BCUT2D eigenvalue weighted by molar-refractivity contribution is 6.30. The summed E-state index contributed by atoms with van der Waals surface area (Å²) in [5, 5.41) is 30.7. The first-order valence-electron chi connectivity index (χ1n) is 12.1. The van der Waals surface area contributed by atoms with E-state index in [1.54, 1.807) is 24.3 Å². The third-order valence-electron chi connectivity index (χ3n) is 6.06. The Hall–Kier alpha value is -4.88. The van der Waals surface area contributed by atoms with Gasteiger partial charge in [-0.1, -0.05) is 11.6 Å². The fourth-order valence-corrected chi connectivity index (χ4v) is 4.30. The smallest absolute Gasteiger partial charge is 0.335 e. The first-order chi connectivity index (χ1) is 19.4. The summed E-state index contributed by atoms with van der Waals surface area (Å²) in [6, 6.07) is 11.6. The van der Waals surface area contributed by atoms with Crippen LogP contribution in [0, 0.1) is 0 Å². The van der Waals surface area contributed by atoms with E-state index in [9.17, 15) is 14.4 Å². The van der Waals surface area contributed by atoms with Crippen LogP contribution in [0.3, 0.4) is 0 Å². The molecule has 1 atom stereocenters. The monoisotopic (exact) mass is 562 g/mol. The van der Waals surface area contributed by atoms with Crippen LogP contribution in [0.5, 0.6) is 0 Å². The maximum absolute atomic E-state index is 13.3. The molecule has 0 spiro atoms. The van der Waals surface area contributed by atoms with Crippen LogP contribution < -0.4 is 10.6 Å². The number of nitrogens with one attached hydrogen (secondary N) is 2. The molecular formula is C26H23ClN8O5. The summed E-state index contributed by atoms with van der Waals surface area (Å²) in [4.78, 5) is 37.4. The Balaban J connectivity index is 1.35. The minimum atomic E-state index is -1.08. The lowest BCUT2D eigenvalue weighted by Gasteiger charge is -2.17. The summed E-state index contributed by atoms with van der Waals surface area (Å²) >= 11 is 6.16. The van der Waals surface area contributed by atoms with Gasteiger partial charge in [0.15, 0.2) is 0 Å². The van der Waals surface area contributed by atoms with Gasteiger partial charge in [-0.3, -0.25) is 14.3 Å². The van der Waals surface area contributed by atoms with Gasteiger partial charge in [-0.05, 0) is 65.0 Å². The number of amides is 2. The number of rotatable bonds is 9. The van der Waals surface area contributed by atoms with E-state index >= 15 is 0 Å². The average Bonchev–Trinajstić information content (AvgIpc) is 3.62. The molecule has 2 aromatic heterocycles. The van der Waals surface area contributed by atoms with Crippen LogP contribution in [0.4, 0.5) is 5.69 Å². The van der Waals surface area contributed by atoms with E-state index in [0.717, 1.165) is 5.69 Å². The highest BCUT2D eigenvalue weighted by atomic mass is 35.5. The molecule has 5 rings (SSSR count). The summed E-state index contributed by atoms with van der Waals surface area (Å²) in [6.07, 6.45) is 4.36. The molecule has 0 bridgehead atoms. The molecule has 0 aliphatic carbocycles. The Morgan fingerprint density at radius 2 is 1.98 bits per heavy atom. The SMILES string of the molecule is O=C(C=Cc1cc(Cl)ccc1-n1cnnn1)NC(Cc1cc2n(n1)CCOC2)C(=O)Nc1ccc(C(=O)O)cc1. The van der Waals surface area contributed by atoms with Crippen LogP contribution in [0.2, 0.25) is 5.02 Å². The topological polar surface area (TPSA) is 166 Å². The lowest BCUT2D eigenvalue weighted by atomic mass is 10.1. The molecule has 0 saturated carbocycles. The number of carbonyl (C=O) groups excluding carboxylic acids is 2. The molecule has 0 radical (unpaired) electrons. The van der Waals surface area contributed by atoms with Gasteiger partial charge in [-0.15, -0.1) is 5.10 Å². The largest absolute Gasteiger partial charge is 0.478 e. The van der Waals surface area contributed by atoms with E-state index in [0.29, 0.717) is 47.4 Å². The average molecular weight is 563 g/mol. The first-order valence-corrected chi connectivity index (χ1v) is 12.5. The number of nitrogens with zero attached hydrogens (tertiary/aromatic N) is 6. The number of aromatic nitrogens is 6. The lowest BCUT2D eigenvalue weighted by molar-refractivity contribution is -0.123. The van der Waals surface area contributed by atoms with Gasteiger partial charge in [0, 0.05) is 28.8 Å². The zero-order valence-corrected chi connectivity index (χ0v) is 21.7. The van der Waals surface area contributed by atoms with Crippen LogP contribution in [0.15, 0.2) is 60.9 Å². The second kappa shape index (κ2) is 11.9. The predicted molar refractivity (Wildman–Crippen MR) is 143 cm³/mol. The van der Waals surface area contributed by atoms with E-state index in [4.69, 9.17) is 21.4 Å². The van der Waals surface area contributed by atoms with Gasteiger partial charge in [0.1, 0.15) is 12.4 Å². The third-order valence-corrected chi connectivity index (χ3v) is 6.29. The normalized spacial score (nSPS) is 13.5. The number of tetrazole rings is 1. The van der Waals surface area contributed by atoms with Crippen molar-refractivity contribution in [3.8, 4) is 5.69 Å². The molecule has 1 aliphatic heterocycles. The molecule has 0 fully saturated rings. The number of carbonyl (C=O) groups is 3. The third kappa shape index (κ3) is 6.39. The maximum Gasteiger partial charge on any atom is 0.335 e. The molecule has 1 unspecified atom stereocenters. The fourth-order valence-electron chi connectivity index (χ4n) is 4.12.